The highest BCUT2D eigenvalue weighted by Crippen LogP contribution is 2.35. The molecule has 0 bridgehead atoms. The SMILES string of the molecule is COCc1cc(=O)c(O)c([C@H](CC(=O)N2CCc3c([nH]c4ccccc34)C2)c2cc3ccc(OC)cc3[nH]c2=O)o1. The van der Waals surface area contributed by atoms with Gasteiger partial charge in [0.2, 0.25) is 17.1 Å². The molecule has 41 heavy (non-hydrogen) atoms. The van der Waals surface area contributed by atoms with Crippen molar-refractivity contribution in [3.05, 3.63) is 104 Å². The van der Waals surface area contributed by atoms with Crippen LogP contribution < -0.4 is 15.7 Å². The van der Waals surface area contributed by atoms with Gasteiger partial charge in [0.1, 0.15) is 18.1 Å². The summed E-state index contributed by atoms with van der Waals surface area (Å²) in [6.07, 6.45) is 0.477. The van der Waals surface area contributed by atoms with Crippen molar-refractivity contribution in [3.8, 4) is 11.5 Å². The molecule has 0 aliphatic carbocycles. The molecule has 10 heteroatoms. The van der Waals surface area contributed by atoms with E-state index < -0.39 is 22.7 Å². The maximum absolute atomic E-state index is 13.8. The number of hydrogen-bond donors (Lipinski definition) is 3. The molecular formula is C31H29N3O7. The third kappa shape index (κ3) is 4.87. The topological polar surface area (TPSA) is 138 Å². The number of amides is 1. The van der Waals surface area contributed by atoms with E-state index in [2.05, 4.69) is 16.0 Å². The van der Waals surface area contributed by atoms with Gasteiger partial charge in [0.25, 0.3) is 5.56 Å². The lowest BCUT2D eigenvalue weighted by Gasteiger charge is -2.29. The minimum absolute atomic E-state index is 0.0215. The molecule has 0 saturated carbocycles. The van der Waals surface area contributed by atoms with Crippen molar-refractivity contribution in [1.82, 2.24) is 14.9 Å². The Morgan fingerprint density at radius 3 is 2.71 bits per heavy atom. The number of nitrogens with one attached hydrogen (secondary N) is 2. The second-order valence-electron chi connectivity index (χ2n) is 10.2. The summed E-state index contributed by atoms with van der Waals surface area (Å²) in [7, 11) is 2.98. The van der Waals surface area contributed by atoms with E-state index in [1.807, 2.05) is 18.2 Å². The molecule has 0 unspecified atom stereocenters. The van der Waals surface area contributed by atoms with Crippen LogP contribution in [0.5, 0.6) is 11.5 Å². The van der Waals surface area contributed by atoms with Crippen molar-refractivity contribution in [3.63, 3.8) is 0 Å². The number of ether oxygens (including phenoxy) is 2. The fraction of sp³-hybridized carbons (Fsp3) is 0.258. The first-order valence-corrected chi connectivity index (χ1v) is 13.3. The van der Waals surface area contributed by atoms with E-state index in [9.17, 15) is 19.5 Å². The minimum Gasteiger partial charge on any atom is -0.502 e. The third-order valence-corrected chi connectivity index (χ3v) is 7.67. The smallest absolute Gasteiger partial charge is 0.252 e. The van der Waals surface area contributed by atoms with E-state index in [-0.39, 0.29) is 36.0 Å². The maximum Gasteiger partial charge on any atom is 0.252 e. The van der Waals surface area contributed by atoms with Gasteiger partial charge in [0, 0.05) is 54.4 Å². The average Bonchev–Trinajstić information content (AvgIpc) is 3.35. The average molecular weight is 556 g/mol. The number of pyridine rings is 1. The number of nitrogens with zero attached hydrogens (tertiary/aromatic N) is 1. The highest BCUT2D eigenvalue weighted by Gasteiger charge is 2.32. The Balaban J connectivity index is 1.41. The first kappa shape index (κ1) is 26.4. The van der Waals surface area contributed by atoms with Gasteiger partial charge >= 0.3 is 0 Å². The molecule has 3 N–H and O–H groups in total. The molecule has 1 aliphatic heterocycles. The van der Waals surface area contributed by atoms with Gasteiger partial charge in [-0.15, -0.1) is 0 Å². The number of methoxy groups -OCH3 is 2. The van der Waals surface area contributed by atoms with Crippen LogP contribution in [0.25, 0.3) is 21.8 Å². The van der Waals surface area contributed by atoms with Gasteiger partial charge in [-0.25, -0.2) is 0 Å². The van der Waals surface area contributed by atoms with Crippen LogP contribution in [-0.4, -0.2) is 46.6 Å². The molecule has 210 valence electrons. The number of aromatic amines is 2. The van der Waals surface area contributed by atoms with Gasteiger partial charge in [0.15, 0.2) is 5.76 Å². The van der Waals surface area contributed by atoms with Crippen LogP contribution in [0, 0.1) is 0 Å². The molecule has 3 aromatic heterocycles. The number of fused-ring (bicyclic) bond motifs is 4. The summed E-state index contributed by atoms with van der Waals surface area (Å²) in [4.78, 5) is 47.9. The van der Waals surface area contributed by atoms with Crippen molar-refractivity contribution in [2.75, 3.05) is 20.8 Å². The zero-order valence-electron chi connectivity index (χ0n) is 22.7. The van der Waals surface area contributed by atoms with Gasteiger partial charge in [-0.05, 0) is 41.6 Å². The number of H-pyrrole nitrogens is 2. The van der Waals surface area contributed by atoms with Gasteiger partial charge < -0.3 is 33.9 Å². The molecule has 6 rings (SSSR count). The van der Waals surface area contributed by atoms with E-state index in [4.69, 9.17) is 13.9 Å². The van der Waals surface area contributed by atoms with Crippen molar-refractivity contribution in [2.24, 2.45) is 0 Å². The molecular weight excluding hydrogens is 526 g/mol. The van der Waals surface area contributed by atoms with Crippen molar-refractivity contribution >= 4 is 27.7 Å². The van der Waals surface area contributed by atoms with Crippen LogP contribution in [-0.2, 0) is 29.1 Å². The van der Waals surface area contributed by atoms with E-state index in [1.165, 1.54) is 19.8 Å². The number of carbonyl (C=O) groups is 1. The summed E-state index contributed by atoms with van der Waals surface area (Å²) in [6.45, 7) is 0.851. The zero-order chi connectivity index (χ0) is 28.7. The summed E-state index contributed by atoms with van der Waals surface area (Å²) in [6, 6.07) is 16.1. The Bertz CT molecular complexity index is 1900. The lowest BCUT2D eigenvalue weighted by Crippen LogP contribution is -2.37. The highest BCUT2D eigenvalue weighted by molar-refractivity contribution is 5.86. The predicted octanol–water partition coefficient (Wildman–Crippen LogP) is 3.93. The molecule has 0 spiro atoms. The Labute approximate surface area is 234 Å². The van der Waals surface area contributed by atoms with Crippen LogP contribution in [0.15, 0.2) is 68.6 Å². The summed E-state index contributed by atoms with van der Waals surface area (Å²) in [5.74, 6) is -1.33. The third-order valence-electron chi connectivity index (χ3n) is 7.67. The van der Waals surface area contributed by atoms with Crippen molar-refractivity contribution in [1.29, 1.82) is 0 Å². The Morgan fingerprint density at radius 1 is 1.07 bits per heavy atom. The molecule has 0 fully saturated rings. The lowest BCUT2D eigenvalue weighted by atomic mass is 9.91. The Kier molecular flexibility index (Phi) is 6.84. The quantitative estimate of drug-likeness (QED) is 0.277. The van der Waals surface area contributed by atoms with Gasteiger partial charge in [0.05, 0.1) is 25.1 Å². The molecule has 0 saturated heterocycles. The molecule has 1 atom stereocenters. The summed E-state index contributed by atoms with van der Waals surface area (Å²) in [5, 5.41) is 12.7. The van der Waals surface area contributed by atoms with Crippen LogP contribution in [0.2, 0.25) is 0 Å². The molecule has 2 aromatic carbocycles. The van der Waals surface area contributed by atoms with E-state index >= 15 is 0 Å². The number of benzene rings is 2. The van der Waals surface area contributed by atoms with Gasteiger partial charge in [-0.2, -0.15) is 0 Å². The highest BCUT2D eigenvalue weighted by atomic mass is 16.5. The molecule has 1 amide bonds. The van der Waals surface area contributed by atoms with Gasteiger partial charge in [-0.1, -0.05) is 18.2 Å². The number of rotatable bonds is 7. The van der Waals surface area contributed by atoms with E-state index in [0.29, 0.717) is 36.2 Å². The summed E-state index contributed by atoms with van der Waals surface area (Å²) < 4.78 is 16.3. The Morgan fingerprint density at radius 2 is 1.90 bits per heavy atom. The number of hydrogen-bond acceptors (Lipinski definition) is 7. The fourth-order valence-electron chi connectivity index (χ4n) is 5.64. The number of aromatic hydroxyl groups is 1. The normalized spacial score (nSPS) is 13.9. The molecule has 4 heterocycles. The number of aromatic nitrogens is 2. The van der Waals surface area contributed by atoms with E-state index in [1.54, 1.807) is 29.2 Å². The van der Waals surface area contributed by atoms with Crippen LogP contribution in [0.1, 0.15) is 40.7 Å². The molecule has 5 aromatic rings. The monoisotopic (exact) mass is 555 g/mol. The molecule has 10 nitrogen and oxygen atoms in total. The first-order valence-electron chi connectivity index (χ1n) is 13.3. The summed E-state index contributed by atoms with van der Waals surface area (Å²) >= 11 is 0. The van der Waals surface area contributed by atoms with Crippen LogP contribution >= 0.6 is 0 Å². The second kappa shape index (κ2) is 10.6. The second-order valence-corrected chi connectivity index (χ2v) is 10.2. The maximum atomic E-state index is 13.8. The lowest BCUT2D eigenvalue weighted by molar-refractivity contribution is -0.132. The zero-order valence-corrected chi connectivity index (χ0v) is 22.7. The first-order chi connectivity index (χ1) is 19.9. The Hall–Kier alpha value is -4.83. The van der Waals surface area contributed by atoms with Crippen molar-refractivity contribution in [2.45, 2.75) is 31.9 Å². The fourth-order valence-corrected chi connectivity index (χ4v) is 5.64. The minimum atomic E-state index is -1.04. The van der Waals surface area contributed by atoms with E-state index in [0.717, 1.165) is 22.7 Å². The largest absolute Gasteiger partial charge is 0.502 e. The summed E-state index contributed by atoms with van der Waals surface area (Å²) in [5.41, 5.74) is 2.76. The van der Waals surface area contributed by atoms with Crippen molar-refractivity contribution < 1.29 is 23.8 Å². The van der Waals surface area contributed by atoms with Crippen LogP contribution in [0.4, 0.5) is 0 Å². The molecule has 1 aliphatic rings. The predicted molar refractivity (Wildman–Crippen MR) is 152 cm³/mol. The molecule has 0 radical (unpaired) electrons. The number of carbonyl (C=O) groups excluding carboxylic acids is 1. The van der Waals surface area contributed by atoms with Crippen LogP contribution in [0.3, 0.4) is 0 Å². The standard InChI is InChI=1S/C31H29N3O7/c1-39-16-19-13-27(35)29(37)30(41-19)22(23-11-17-7-8-18(40-2)12-25(17)33-31(23)38)14-28(36)34-10-9-21-20-5-3-4-6-24(20)32-26(21)15-34/h3-8,11-13,22,32,37H,9-10,14-16H2,1-2H3,(H,33,38)/t22-/m1/s1. The van der Waals surface area contributed by atoms with Gasteiger partial charge in [-0.3, -0.25) is 14.4 Å². The number of para-hydroxylation sites is 1.